The first-order chi connectivity index (χ1) is 15.4. The average molecular weight is 462 g/mol. The minimum atomic E-state index is -0.740. The summed E-state index contributed by atoms with van der Waals surface area (Å²) in [6.45, 7) is 0.469. The normalized spacial score (nSPS) is 11.3. The van der Waals surface area contributed by atoms with Gasteiger partial charge in [0.05, 0.1) is 13.2 Å². The lowest BCUT2D eigenvalue weighted by molar-refractivity contribution is -0.140. The minimum absolute atomic E-state index is 0.139. The van der Waals surface area contributed by atoms with Crippen LogP contribution in [-0.4, -0.2) is 37.7 Å². The van der Waals surface area contributed by atoms with Gasteiger partial charge in [-0.05, 0) is 48.6 Å². The van der Waals surface area contributed by atoms with Gasteiger partial charge in [-0.15, -0.1) is 0 Å². The molecule has 32 heavy (non-hydrogen) atoms. The number of carbonyl (C=O) groups is 3. The molecule has 0 aromatic heterocycles. The first kappa shape index (κ1) is 25.2. The second-order valence-corrected chi connectivity index (χ2v) is 7.54. The fourth-order valence-electron chi connectivity index (χ4n) is 2.85. The molecule has 172 valence electrons. The number of nitrogens with two attached hydrogens (primary N) is 1. The number of methoxy groups -OCH3 is 1. The quantitative estimate of drug-likeness (QED) is 0.348. The predicted molar refractivity (Wildman–Crippen MR) is 122 cm³/mol. The molecule has 2 aromatic carbocycles. The molecule has 1 atom stereocenters. The third-order valence-corrected chi connectivity index (χ3v) is 4.93. The molecule has 8 nitrogen and oxygen atoms in total. The lowest BCUT2D eigenvalue weighted by Gasteiger charge is -2.15. The van der Waals surface area contributed by atoms with E-state index in [0.29, 0.717) is 36.5 Å². The van der Waals surface area contributed by atoms with Crippen LogP contribution in [0.4, 0.5) is 10.5 Å². The molecular formula is C23H28ClN3O5. The zero-order valence-corrected chi connectivity index (χ0v) is 18.7. The summed E-state index contributed by atoms with van der Waals surface area (Å²) in [6.07, 6.45) is 1.01. The van der Waals surface area contributed by atoms with E-state index in [4.69, 9.17) is 22.1 Å². The van der Waals surface area contributed by atoms with Crippen molar-refractivity contribution in [1.82, 2.24) is 5.32 Å². The van der Waals surface area contributed by atoms with Gasteiger partial charge in [0.1, 0.15) is 6.61 Å². The molecule has 0 radical (unpaired) electrons. The number of rotatable bonds is 11. The van der Waals surface area contributed by atoms with Crippen molar-refractivity contribution >= 4 is 35.3 Å². The highest BCUT2D eigenvalue weighted by molar-refractivity contribution is 6.30. The number of hydrogen-bond acceptors (Lipinski definition) is 6. The number of hydrogen-bond donors (Lipinski definition) is 3. The molecule has 2 amide bonds. The molecule has 0 saturated carbocycles. The van der Waals surface area contributed by atoms with Gasteiger partial charge in [-0.3, -0.25) is 9.59 Å². The van der Waals surface area contributed by atoms with E-state index in [-0.39, 0.29) is 24.9 Å². The molecule has 0 aliphatic carbocycles. The van der Waals surface area contributed by atoms with Crippen molar-refractivity contribution in [2.24, 2.45) is 5.73 Å². The maximum absolute atomic E-state index is 12.4. The summed E-state index contributed by atoms with van der Waals surface area (Å²) >= 11 is 5.81. The van der Waals surface area contributed by atoms with E-state index in [2.05, 4.69) is 15.4 Å². The Morgan fingerprint density at radius 3 is 2.53 bits per heavy atom. The van der Waals surface area contributed by atoms with Crippen LogP contribution in [0, 0.1) is 0 Å². The Balaban J connectivity index is 1.69. The molecule has 0 aliphatic heterocycles. The Labute approximate surface area is 192 Å². The number of nitrogens with one attached hydrogen (secondary N) is 2. The highest BCUT2D eigenvalue weighted by atomic mass is 35.5. The summed E-state index contributed by atoms with van der Waals surface area (Å²) in [5, 5.41) is 6.05. The SMILES string of the molecule is COC(=O)CCc1ccccc1NC(=O)[C@@H](N)CCCNC(=O)OCc1ccc(Cl)cc1. The third kappa shape index (κ3) is 8.95. The number of esters is 1. The molecule has 0 bridgehead atoms. The van der Waals surface area contributed by atoms with E-state index < -0.39 is 12.1 Å². The van der Waals surface area contributed by atoms with Crippen LogP contribution in [-0.2, 0) is 32.1 Å². The van der Waals surface area contributed by atoms with Gasteiger partial charge in [0.25, 0.3) is 0 Å². The maximum atomic E-state index is 12.4. The minimum Gasteiger partial charge on any atom is -0.469 e. The van der Waals surface area contributed by atoms with E-state index in [1.165, 1.54) is 7.11 Å². The fraction of sp³-hybridized carbons (Fsp3) is 0.348. The van der Waals surface area contributed by atoms with Crippen LogP contribution in [0.1, 0.15) is 30.4 Å². The number of amides is 2. The zero-order chi connectivity index (χ0) is 23.3. The summed E-state index contributed by atoms with van der Waals surface area (Å²) in [5.41, 5.74) is 8.25. The van der Waals surface area contributed by atoms with Crippen LogP contribution in [0.25, 0.3) is 0 Å². The number of alkyl carbamates (subject to hydrolysis) is 1. The van der Waals surface area contributed by atoms with Crippen LogP contribution >= 0.6 is 11.6 Å². The zero-order valence-electron chi connectivity index (χ0n) is 17.9. The Morgan fingerprint density at radius 1 is 1.09 bits per heavy atom. The van der Waals surface area contributed by atoms with E-state index in [1.807, 2.05) is 12.1 Å². The van der Waals surface area contributed by atoms with Crippen molar-refractivity contribution < 1.29 is 23.9 Å². The molecule has 2 rings (SSSR count). The summed E-state index contributed by atoms with van der Waals surface area (Å²) in [4.78, 5) is 35.6. The van der Waals surface area contributed by atoms with Gasteiger partial charge < -0.3 is 25.8 Å². The number of aryl methyl sites for hydroxylation is 1. The second-order valence-electron chi connectivity index (χ2n) is 7.10. The number of benzene rings is 2. The number of carbonyl (C=O) groups excluding carboxylic acids is 3. The lowest BCUT2D eigenvalue weighted by atomic mass is 10.1. The topological polar surface area (TPSA) is 120 Å². The number of halogens is 1. The van der Waals surface area contributed by atoms with Gasteiger partial charge in [0.15, 0.2) is 0 Å². The monoisotopic (exact) mass is 461 g/mol. The lowest BCUT2D eigenvalue weighted by Crippen LogP contribution is -2.36. The van der Waals surface area contributed by atoms with E-state index in [0.717, 1.165) is 11.1 Å². The van der Waals surface area contributed by atoms with Gasteiger partial charge in [-0.1, -0.05) is 41.9 Å². The van der Waals surface area contributed by atoms with Gasteiger partial charge in [-0.2, -0.15) is 0 Å². The Morgan fingerprint density at radius 2 is 1.81 bits per heavy atom. The first-order valence-corrected chi connectivity index (χ1v) is 10.6. The number of anilines is 1. The molecule has 0 saturated heterocycles. The summed E-state index contributed by atoms with van der Waals surface area (Å²) in [6, 6.07) is 13.5. The number of ether oxygens (including phenoxy) is 2. The highest BCUT2D eigenvalue weighted by Gasteiger charge is 2.15. The molecule has 2 aromatic rings. The molecule has 0 spiro atoms. The van der Waals surface area contributed by atoms with Gasteiger partial charge in [0, 0.05) is 23.7 Å². The Hall–Kier alpha value is -3.10. The average Bonchev–Trinajstić information content (AvgIpc) is 2.80. The van der Waals surface area contributed by atoms with Crippen LogP contribution in [0.15, 0.2) is 48.5 Å². The van der Waals surface area contributed by atoms with Crippen LogP contribution < -0.4 is 16.4 Å². The Kier molecular flexibility index (Phi) is 10.5. The molecular weight excluding hydrogens is 434 g/mol. The van der Waals surface area contributed by atoms with Gasteiger partial charge >= 0.3 is 12.1 Å². The van der Waals surface area contributed by atoms with Gasteiger partial charge in [-0.25, -0.2) is 4.79 Å². The Bertz CT molecular complexity index is 905. The van der Waals surface area contributed by atoms with E-state index in [1.54, 1.807) is 36.4 Å². The molecule has 0 aliphatic rings. The largest absolute Gasteiger partial charge is 0.469 e. The fourth-order valence-corrected chi connectivity index (χ4v) is 2.97. The molecule has 9 heteroatoms. The van der Waals surface area contributed by atoms with Gasteiger partial charge in [0.2, 0.25) is 5.91 Å². The number of para-hydroxylation sites is 1. The van der Waals surface area contributed by atoms with Crippen molar-refractivity contribution in [2.45, 2.75) is 38.3 Å². The summed E-state index contributed by atoms with van der Waals surface area (Å²) in [7, 11) is 1.34. The smallest absolute Gasteiger partial charge is 0.407 e. The molecule has 0 fully saturated rings. The van der Waals surface area contributed by atoms with Crippen molar-refractivity contribution in [1.29, 1.82) is 0 Å². The van der Waals surface area contributed by atoms with Crippen LogP contribution in [0.3, 0.4) is 0 Å². The molecule has 0 heterocycles. The summed E-state index contributed by atoms with van der Waals surface area (Å²) in [5.74, 6) is -0.650. The van der Waals surface area contributed by atoms with Crippen LogP contribution in [0.5, 0.6) is 0 Å². The molecule has 4 N–H and O–H groups in total. The van der Waals surface area contributed by atoms with Crippen molar-refractivity contribution in [3.8, 4) is 0 Å². The second kappa shape index (κ2) is 13.3. The van der Waals surface area contributed by atoms with E-state index >= 15 is 0 Å². The van der Waals surface area contributed by atoms with Crippen molar-refractivity contribution in [3.63, 3.8) is 0 Å². The standard InChI is InChI=1S/C23H28ClN3O5/c1-31-21(28)13-10-17-5-2-3-7-20(17)27-22(29)19(25)6-4-14-26-23(30)32-15-16-8-11-18(24)12-9-16/h2-3,5,7-9,11-12,19H,4,6,10,13-15,25H2,1H3,(H,26,30)(H,27,29)/t19-/m0/s1. The van der Waals surface area contributed by atoms with Crippen molar-refractivity contribution in [3.05, 3.63) is 64.7 Å². The van der Waals surface area contributed by atoms with Crippen molar-refractivity contribution in [2.75, 3.05) is 19.0 Å². The molecule has 0 unspecified atom stereocenters. The van der Waals surface area contributed by atoms with Crippen LogP contribution in [0.2, 0.25) is 5.02 Å². The maximum Gasteiger partial charge on any atom is 0.407 e. The van der Waals surface area contributed by atoms with E-state index in [9.17, 15) is 14.4 Å². The summed E-state index contributed by atoms with van der Waals surface area (Å²) < 4.78 is 9.78. The predicted octanol–water partition coefficient (Wildman–Crippen LogP) is 3.42. The highest BCUT2D eigenvalue weighted by Crippen LogP contribution is 2.17. The first-order valence-electron chi connectivity index (χ1n) is 10.2. The third-order valence-electron chi connectivity index (χ3n) is 4.68.